The van der Waals surface area contributed by atoms with E-state index < -0.39 is 0 Å². The molecule has 146 valence electrons. The van der Waals surface area contributed by atoms with Gasteiger partial charge in [-0.1, -0.05) is 20.8 Å². The first-order chi connectivity index (χ1) is 13.0. The Hall–Kier alpha value is -1.73. The Balaban J connectivity index is 1.49. The van der Waals surface area contributed by atoms with Gasteiger partial charge in [-0.05, 0) is 19.3 Å². The van der Waals surface area contributed by atoms with Crippen molar-refractivity contribution in [3.05, 3.63) is 28.5 Å². The second-order valence-electron chi connectivity index (χ2n) is 8.41. The summed E-state index contributed by atoms with van der Waals surface area (Å²) in [6.45, 7) is 11.1. The van der Waals surface area contributed by atoms with Crippen molar-refractivity contribution in [1.29, 1.82) is 0 Å². The van der Waals surface area contributed by atoms with Gasteiger partial charge < -0.3 is 14.5 Å². The number of thiazole rings is 1. The zero-order chi connectivity index (χ0) is 18.9. The fraction of sp³-hybridized carbons (Fsp3) is 0.650. The summed E-state index contributed by atoms with van der Waals surface area (Å²) in [5.41, 5.74) is 1.21. The first-order valence-electron chi connectivity index (χ1n) is 9.90. The number of aromatic nitrogens is 3. The van der Waals surface area contributed by atoms with Gasteiger partial charge in [0.05, 0.1) is 18.8 Å². The number of hydrogen-bond acceptors (Lipinski definition) is 7. The third-order valence-electron chi connectivity index (χ3n) is 5.27. The summed E-state index contributed by atoms with van der Waals surface area (Å²) in [5.74, 6) is 2.04. The fourth-order valence-corrected chi connectivity index (χ4v) is 4.68. The van der Waals surface area contributed by atoms with Crippen LogP contribution in [0.3, 0.4) is 0 Å². The molecule has 2 aromatic heterocycles. The molecule has 7 heteroatoms. The van der Waals surface area contributed by atoms with Crippen LogP contribution >= 0.6 is 11.3 Å². The van der Waals surface area contributed by atoms with Gasteiger partial charge in [0.2, 0.25) is 0 Å². The van der Waals surface area contributed by atoms with E-state index >= 15 is 0 Å². The summed E-state index contributed by atoms with van der Waals surface area (Å²) in [7, 11) is 0. The largest absolute Gasteiger partial charge is 0.367 e. The molecule has 0 saturated carbocycles. The van der Waals surface area contributed by atoms with Crippen LogP contribution in [0, 0.1) is 0 Å². The van der Waals surface area contributed by atoms with Crippen LogP contribution in [0.25, 0.3) is 0 Å². The van der Waals surface area contributed by atoms with Crippen molar-refractivity contribution in [2.24, 2.45) is 0 Å². The third-order valence-corrected chi connectivity index (χ3v) is 6.21. The van der Waals surface area contributed by atoms with E-state index in [1.807, 2.05) is 0 Å². The lowest BCUT2D eigenvalue weighted by atomic mass is 9.93. The Kier molecular flexibility index (Phi) is 5.32. The smallest absolute Gasteiger partial charge is 0.134 e. The molecule has 1 unspecified atom stereocenters. The van der Waals surface area contributed by atoms with Crippen molar-refractivity contribution in [2.75, 3.05) is 42.6 Å². The molecular formula is C20H29N5OS. The third kappa shape index (κ3) is 4.24. The molecule has 2 aliphatic rings. The highest BCUT2D eigenvalue weighted by molar-refractivity contribution is 7.09. The van der Waals surface area contributed by atoms with Crippen molar-refractivity contribution in [3.8, 4) is 0 Å². The van der Waals surface area contributed by atoms with Crippen molar-refractivity contribution in [3.63, 3.8) is 0 Å². The fourth-order valence-electron chi connectivity index (χ4n) is 3.59. The quantitative estimate of drug-likeness (QED) is 0.798. The van der Waals surface area contributed by atoms with Gasteiger partial charge in [-0.2, -0.15) is 0 Å². The molecule has 0 radical (unpaired) electrons. The average molecular weight is 388 g/mol. The molecule has 0 spiro atoms. The molecule has 0 aliphatic carbocycles. The minimum Gasteiger partial charge on any atom is -0.367 e. The molecule has 2 saturated heterocycles. The van der Waals surface area contributed by atoms with Crippen molar-refractivity contribution < 1.29 is 4.74 Å². The Morgan fingerprint density at radius 2 is 1.78 bits per heavy atom. The standard InChI is InChI=1S/C20H29N5OS/c1-20(2,3)16-13-27-19(23-16)15-12-25(9-10-26-15)18-11-17(21-14-22-18)24-7-5-4-6-8-24/h11,13-15H,4-10,12H2,1-3H3. The number of hydrogen-bond donors (Lipinski definition) is 0. The van der Waals surface area contributed by atoms with E-state index in [1.165, 1.54) is 19.3 Å². The van der Waals surface area contributed by atoms with Crippen LogP contribution in [0.1, 0.15) is 56.8 Å². The van der Waals surface area contributed by atoms with Crippen molar-refractivity contribution in [2.45, 2.75) is 51.6 Å². The zero-order valence-corrected chi connectivity index (χ0v) is 17.3. The number of nitrogens with zero attached hydrogens (tertiary/aromatic N) is 5. The van der Waals surface area contributed by atoms with Gasteiger partial charge in [0.1, 0.15) is 29.1 Å². The van der Waals surface area contributed by atoms with Crippen LogP contribution in [0.2, 0.25) is 0 Å². The molecule has 2 aromatic rings. The number of ether oxygens (including phenoxy) is 1. The van der Waals surface area contributed by atoms with E-state index in [9.17, 15) is 0 Å². The van der Waals surface area contributed by atoms with Crippen LogP contribution in [0.15, 0.2) is 17.8 Å². The van der Waals surface area contributed by atoms with E-state index in [2.05, 4.69) is 52.0 Å². The average Bonchev–Trinajstić information content (AvgIpc) is 3.20. The molecular weight excluding hydrogens is 358 g/mol. The van der Waals surface area contributed by atoms with E-state index in [0.717, 1.165) is 48.5 Å². The summed E-state index contributed by atoms with van der Waals surface area (Å²) >= 11 is 1.70. The summed E-state index contributed by atoms with van der Waals surface area (Å²) in [4.78, 5) is 18.6. The van der Waals surface area contributed by atoms with Crippen molar-refractivity contribution >= 4 is 23.0 Å². The van der Waals surface area contributed by atoms with Gasteiger partial charge in [-0.3, -0.25) is 0 Å². The molecule has 0 aromatic carbocycles. The molecule has 1 atom stereocenters. The summed E-state index contributed by atoms with van der Waals surface area (Å²) in [5, 5.41) is 3.23. The monoisotopic (exact) mass is 387 g/mol. The lowest BCUT2D eigenvalue weighted by molar-refractivity contribution is 0.0392. The SMILES string of the molecule is CC(C)(C)c1csc(C2CN(c3cc(N4CCCCC4)ncn3)CCO2)n1. The molecule has 6 nitrogen and oxygen atoms in total. The molecule has 0 amide bonds. The molecule has 27 heavy (non-hydrogen) atoms. The van der Waals surface area contributed by atoms with Crippen LogP contribution < -0.4 is 9.80 Å². The minimum absolute atomic E-state index is 0.00764. The maximum Gasteiger partial charge on any atom is 0.134 e. The first kappa shape index (κ1) is 18.6. The summed E-state index contributed by atoms with van der Waals surface area (Å²) < 4.78 is 6.04. The lowest BCUT2D eigenvalue weighted by Gasteiger charge is -2.34. The van der Waals surface area contributed by atoms with Crippen LogP contribution in [-0.2, 0) is 10.2 Å². The Morgan fingerprint density at radius 3 is 2.48 bits per heavy atom. The van der Waals surface area contributed by atoms with Crippen LogP contribution in [0.5, 0.6) is 0 Å². The molecule has 4 rings (SSSR count). The van der Waals surface area contributed by atoms with E-state index in [1.54, 1.807) is 17.7 Å². The Labute approximate surface area is 165 Å². The summed E-state index contributed by atoms with van der Waals surface area (Å²) in [6, 6.07) is 2.14. The van der Waals surface area contributed by atoms with Crippen LogP contribution in [0.4, 0.5) is 11.6 Å². The molecule has 4 heterocycles. The molecule has 2 aliphatic heterocycles. The highest BCUT2D eigenvalue weighted by Crippen LogP contribution is 2.31. The van der Waals surface area contributed by atoms with Gasteiger partial charge in [0.25, 0.3) is 0 Å². The Bertz CT molecular complexity index is 766. The highest BCUT2D eigenvalue weighted by Gasteiger charge is 2.27. The maximum absolute atomic E-state index is 6.04. The second kappa shape index (κ2) is 7.72. The molecule has 0 N–H and O–H groups in total. The van der Waals surface area contributed by atoms with Gasteiger partial charge in [0, 0.05) is 36.5 Å². The van der Waals surface area contributed by atoms with Crippen molar-refractivity contribution in [1.82, 2.24) is 15.0 Å². The van der Waals surface area contributed by atoms with Gasteiger partial charge in [-0.25, -0.2) is 15.0 Å². The van der Waals surface area contributed by atoms with Gasteiger partial charge >= 0.3 is 0 Å². The normalized spacial score (nSPS) is 21.5. The van der Waals surface area contributed by atoms with Gasteiger partial charge in [0.15, 0.2) is 0 Å². The van der Waals surface area contributed by atoms with E-state index in [4.69, 9.17) is 9.72 Å². The predicted octanol–water partition coefficient (Wildman–Crippen LogP) is 3.80. The topological polar surface area (TPSA) is 54.4 Å². The van der Waals surface area contributed by atoms with E-state index in [0.29, 0.717) is 6.61 Å². The Morgan fingerprint density at radius 1 is 1.04 bits per heavy atom. The number of piperidine rings is 1. The van der Waals surface area contributed by atoms with E-state index in [-0.39, 0.29) is 11.5 Å². The number of anilines is 2. The minimum atomic E-state index is 0.00764. The van der Waals surface area contributed by atoms with Gasteiger partial charge in [-0.15, -0.1) is 11.3 Å². The summed E-state index contributed by atoms with van der Waals surface area (Å²) in [6.07, 6.45) is 5.53. The zero-order valence-electron chi connectivity index (χ0n) is 16.5. The highest BCUT2D eigenvalue weighted by atomic mass is 32.1. The van der Waals surface area contributed by atoms with Crippen LogP contribution in [-0.4, -0.2) is 47.7 Å². The molecule has 2 fully saturated rings. The molecule has 0 bridgehead atoms. The lowest BCUT2D eigenvalue weighted by Crippen LogP contribution is -2.39. The number of morpholine rings is 1. The second-order valence-corrected chi connectivity index (χ2v) is 9.30. The maximum atomic E-state index is 6.04. The number of rotatable bonds is 3. The predicted molar refractivity (Wildman–Crippen MR) is 110 cm³/mol. The first-order valence-corrected chi connectivity index (χ1v) is 10.8.